The lowest BCUT2D eigenvalue weighted by atomic mass is 10.1. The predicted octanol–water partition coefficient (Wildman–Crippen LogP) is 2.94. The summed E-state index contributed by atoms with van der Waals surface area (Å²) in [6.45, 7) is 3.01. The molecule has 1 aliphatic rings. The van der Waals surface area contributed by atoms with E-state index in [2.05, 4.69) is 5.32 Å². The quantitative estimate of drug-likeness (QED) is 0.717. The van der Waals surface area contributed by atoms with Gasteiger partial charge in [0, 0.05) is 12.7 Å². The third-order valence-electron chi connectivity index (χ3n) is 4.22. The highest BCUT2D eigenvalue weighted by Crippen LogP contribution is 2.33. The molecule has 0 bridgehead atoms. The van der Waals surface area contributed by atoms with Gasteiger partial charge in [-0.3, -0.25) is 4.79 Å². The Morgan fingerprint density at radius 3 is 2.67 bits per heavy atom. The maximum Gasteiger partial charge on any atom is 0.251 e. The van der Waals surface area contributed by atoms with Crippen LogP contribution < -0.4 is 24.3 Å². The topological polar surface area (TPSA) is 75.3 Å². The Hall–Kier alpha value is -2.93. The second-order valence-corrected chi connectivity index (χ2v) is 6.01. The summed E-state index contributed by atoms with van der Waals surface area (Å²) in [6.07, 6.45) is 0. The first-order chi connectivity index (χ1) is 13.1. The van der Waals surface area contributed by atoms with Crippen molar-refractivity contribution in [1.82, 2.24) is 5.32 Å². The summed E-state index contributed by atoms with van der Waals surface area (Å²) < 4.78 is 26.6. The lowest BCUT2D eigenvalue weighted by Crippen LogP contribution is -2.26. The number of methoxy groups -OCH3 is 2. The minimum absolute atomic E-state index is 0.176. The first kappa shape index (κ1) is 18.8. The number of benzene rings is 2. The third-order valence-corrected chi connectivity index (χ3v) is 4.22. The van der Waals surface area contributed by atoms with Crippen molar-refractivity contribution in [2.24, 2.45) is 0 Å². The zero-order chi connectivity index (χ0) is 19.2. The number of carbonyl (C=O) groups excluding carboxylic acids is 1. The van der Waals surface area contributed by atoms with Gasteiger partial charge in [0.05, 0.1) is 19.8 Å². The Labute approximate surface area is 158 Å². The summed E-state index contributed by atoms with van der Waals surface area (Å²) in [5.41, 5.74) is 1.41. The molecule has 0 fully saturated rings. The van der Waals surface area contributed by atoms with E-state index in [9.17, 15) is 4.79 Å². The van der Waals surface area contributed by atoms with Crippen LogP contribution in [0.3, 0.4) is 0 Å². The van der Waals surface area contributed by atoms with Crippen molar-refractivity contribution in [2.75, 3.05) is 34.2 Å². The summed E-state index contributed by atoms with van der Waals surface area (Å²) in [6, 6.07) is 10.5. The highest BCUT2D eigenvalue weighted by molar-refractivity contribution is 5.95. The molecule has 1 heterocycles. The number of hydrogen-bond donors (Lipinski definition) is 1. The van der Waals surface area contributed by atoms with E-state index in [4.69, 9.17) is 23.7 Å². The number of hydrogen-bond acceptors (Lipinski definition) is 6. The Kier molecular flexibility index (Phi) is 6.03. The molecular weight excluding hydrogens is 350 g/mol. The Balaban J connectivity index is 1.68. The molecule has 0 saturated heterocycles. The lowest BCUT2D eigenvalue weighted by molar-refractivity contribution is 0.0939. The average molecular weight is 373 g/mol. The fourth-order valence-electron chi connectivity index (χ4n) is 2.71. The van der Waals surface area contributed by atoms with Crippen molar-refractivity contribution in [1.29, 1.82) is 0 Å². The highest BCUT2D eigenvalue weighted by Gasteiger charge is 2.18. The first-order valence-electron chi connectivity index (χ1n) is 8.62. The molecule has 144 valence electrons. The van der Waals surface area contributed by atoms with Gasteiger partial charge in [-0.25, -0.2) is 0 Å². The fourth-order valence-corrected chi connectivity index (χ4v) is 2.71. The van der Waals surface area contributed by atoms with Gasteiger partial charge in [-0.2, -0.15) is 0 Å². The number of carbonyl (C=O) groups is 1. The van der Waals surface area contributed by atoms with Crippen molar-refractivity contribution in [3.05, 3.63) is 47.5 Å². The zero-order valence-corrected chi connectivity index (χ0v) is 15.6. The van der Waals surface area contributed by atoms with Gasteiger partial charge in [-0.05, 0) is 42.8 Å². The van der Waals surface area contributed by atoms with Gasteiger partial charge in [-0.15, -0.1) is 0 Å². The van der Waals surface area contributed by atoms with Crippen molar-refractivity contribution in [3.8, 4) is 23.0 Å². The second-order valence-electron chi connectivity index (χ2n) is 6.01. The first-order valence-corrected chi connectivity index (χ1v) is 8.62. The molecule has 1 amide bonds. The van der Waals surface area contributed by atoms with E-state index < -0.39 is 0 Å². The van der Waals surface area contributed by atoms with Gasteiger partial charge in [0.25, 0.3) is 5.91 Å². The molecule has 27 heavy (non-hydrogen) atoms. The van der Waals surface area contributed by atoms with Crippen molar-refractivity contribution >= 4 is 5.91 Å². The molecule has 1 atom stereocenters. The van der Waals surface area contributed by atoms with Gasteiger partial charge < -0.3 is 29.0 Å². The summed E-state index contributed by atoms with van der Waals surface area (Å²) >= 11 is 0. The molecule has 0 spiro atoms. The van der Waals surface area contributed by atoms with Gasteiger partial charge in [0.1, 0.15) is 6.61 Å². The van der Waals surface area contributed by atoms with E-state index in [1.54, 1.807) is 32.4 Å². The van der Waals surface area contributed by atoms with E-state index in [1.165, 1.54) is 0 Å². The van der Waals surface area contributed by atoms with Crippen molar-refractivity contribution in [2.45, 2.75) is 13.0 Å². The number of ether oxygens (including phenoxy) is 5. The zero-order valence-electron chi connectivity index (χ0n) is 15.6. The molecule has 2 aromatic carbocycles. The molecule has 0 saturated carbocycles. The van der Waals surface area contributed by atoms with Crippen LogP contribution in [0.5, 0.6) is 23.0 Å². The van der Waals surface area contributed by atoms with Gasteiger partial charge in [0.2, 0.25) is 6.79 Å². The van der Waals surface area contributed by atoms with Gasteiger partial charge in [0.15, 0.2) is 23.0 Å². The molecule has 2 aromatic rings. The van der Waals surface area contributed by atoms with Crippen molar-refractivity contribution in [3.63, 3.8) is 0 Å². The molecular formula is C20H23NO6. The molecule has 0 aliphatic carbocycles. The fraction of sp³-hybridized carbons (Fsp3) is 0.350. The molecule has 0 radical (unpaired) electrons. The number of nitrogens with one attached hydrogen (secondary N) is 1. The lowest BCUT2D eigenvalue weighted by Gasteiger charge is -2.17. The monoisotopic (exact) mass is 373 g/mol. The van der Waals surface area contributed by atoms with Crippen LogP contribution in [0.1, 0.15) is 28.9 Å². The van der Waals surface area contributed by atoms with Gasteiger partial charge >= 0.3 is 0 Å². The van der Waals surface area contributed by atoms with Gasteiger partial charge in [-0.1, -0.05) is 6.07 Å². The Bertz CT molecular complexity index is 807. The number of rotatable bonds is 8. The summed E-state index contributed by atoms with van der Waals surface area (Å²) in [4.78, 5) is 12.5. The molecule has 1 aliphatic heterocycles. The smallest absolute Gasteiger partial charge is 0.251 e. The van der Waals surface area contributed by atoms with E-state index in [0.717, 1.165) is 5.56 Å². The van der Waals surface area contributed by atoms with Crippen LogP contribution in [0.25, 0.3) is 0 Å². The van der Waals surface area contributed by atoms with Crippen LogP contribution in [-0.2, 0) is 4.74 Å². The van der Waals surface area contributed by atoms with Crippen molar-refractivity contribution < 1.29 is 28.5 Å². The van der Waals surface area contributed by atoms with Crippen LogP contribution in [0.2, 0.25) is 0 Å². The summed E-state index contributed by atoms with van der Waals surface area (Å²) in [7, 11) is 3.20. The van der Waals surface area contributed by atoms with Crippen LogP contribution in [0.4, 0.5) is 0 Å². The molecule has 7 heteroatoms. The molecule has 1 N–H and O–H groups in total. The van der Waals surface area contributed by atoms with E-state index >= 15 is 0 Å². The Morgan fingerprint density at radius 1 is 1.07 bits per heavy atom. The summed E-state index contributed by atoms with van der Waals surface area (Å²) in [5.74, 6) is 2.27. The van der Waals surface area contributed by atoms with E-state index in [1.807, 2.05) is 25.1 Å². The Morgan fingerprint density at radius 2 is 1.89 bits per heavy atom. The van der Waals surface area contributed by atoms with Crippen LogP contribution in [-0.4, -0.2) is 40.1 Å². The standard InChI is InChI=1S/C20H23NO6/c1-13(14-4-6-16(18(10-14)24-3)25-9-8-23-2)21-20(22)15-5-7-17-19(11-15)27-12-26-17/h4-7,10-11,13H,8-9,12H2,1-3H3,(H,21,22). The van der Waals surface area contributed by atoms with E-state index in [-0.39, 0.29) is 18.7 Å². The van der Waals surface area contributed by atoms with E-state index in [0.29, 0.717) is 41.8 Å². The maximum absolute atomic E-state index is 12.5. The van der Waals surface area contributed by atoms with Crippen LogP contribution in [0.15, 0.2) is 36.4 Å². The predicted molar refractivity (Wildman–Crippen MR) is 98.8 cm³/mol. The maximum atomic E-state index is 12.5. The normalized spacial score (nSPS) is 13.1. The minimum atomic E-state index is -0.218. The minimum Gasteiger partial charge on any atom is -0.493 e. The summed E-state index contributed by atoms with van der Waals surface area (Å²) in [5, 5.41) is 2.98. The second kappa shape index (κ2) is 8.64. The third kappa shape index (κ3) is 4.43. The molecule has 7 nitrogen and oxygen atoms in total. The molecule has 1 unspecified atom stereocenters. The van der Waals surface area contributed by atoms with Crippen LogP contribution in [0, 0.1) is 0 Å². The average Bonchev–Trinajstić information content (AvgIpc) is 3.16. The largest absolute Gasteiger partial charge is 0.493 e. The number of amides is 1. The molecule has 0 aromatic heterocycles. The highest BCUT2D eigenvalue weighted by atomic mass is 16.7. The SMILES string of the molecule is COCCOc1ccc(C(C)NC(=O)c2ccc3c(c2)OCO3)cc1OC. The van der Waals surface area contributed by atoms with Crippen LogP contribution >= 0.6 is 0 Å². The number of fused-ring (bicyclic) bond motifs is 1. The molecule has 3 rings (SSSR count).